The highest BCUT2D eigenvalue weighted by atomic mass is 16.6. The summed E-state index contributed by atoms with van der Waals surface area (Å²) in [6, 6.07) is 0. The van der Waals surface area contributed by atoms with Gasteiger partial charge in [-0.2, -0.15) is 0 Å². The minimum atomic E-state index is -0.192. The van der Waals surface area contributed by atoms with Gasteiger partial charge >= 0.3 is 0 Å². The van der Waals surface area contributed by atoms with Crippen LogP contribution in [0.1, 0.15) is 97.3 Å². The third-order valence-corrected chi connectivity index (χ3v) is 6.96. The van der Waals surface area contributed by atoms with E-state index in [9.17, 15) is 10.1 Å². The van der Waals surface area contributed by atoms with Gasteiger partial charge in [-0.05, 0) is 67.9 Å². The van der Waals surface area contributed by atoms with Gasteiger partial charge in [0.1, 0.15) is 0 Å². The van der Waals surface area contributed by atoms with Gasteiger partial charge in [0, 0.05) is 6.08 Å². The third kappa shape index (κ3) is 6.97. The minimum Gasteiger partial charge on any atom is -0.258 e. The molecule has 0 bridgehead atoms. The molecule has 0 radical (unpaired) electrons. The highest BCUT2D eigenvalue weighted by Gasteiger charge is 2.40. The van der Waals surface area contributed by atoms with E-state index in [0.29, 0.717) is 11.8 Å². The molecule has 0 N–H and O–H groups in total. The number of fused-ring (bicyclic) bond motifs is 1. The molecule has 3 unspecified atom stereocenters. The molecule has 0 heterocycles. The largest absolute Gasteiger partial charge is 0.266 e. The number of nitro groups is 1. The van der Waals surface area contributed by atoms with Gasteiger partial charge in [0.25, 0.3) is 5.70 Å². The summed E-state index contributed by atoms with van der Waals surface area (Å²) in [4.78, 5) is 11.7. The van der Waals surface area contributed by atoms with Crippen molar-refractivity contribution in [3.63, 3.8) is 0 Å². The van der Waals surface area contributed by atoms with Crippen LogP contribution in [0.5, 0.6) is 0 Å². The van der Waals surface area contributed by atoms with Crippen molar-refractivity contribution in [1.82, 2.24) is 0 Å². The molecule has 2 aliphatic carbocycles. The molecular weight excluding hydrogens is 358 g/mol. The van der Waals surface area contributed by atoms with Gasteiger partial charge in [0.05, 0.1) is 4.92 Å². The minimum absolute atomic E-state index is 0.192. The fourth-order valence-corrected chi connectivity index (χ4v) is 4.98. The van der Waals surface area contributed by atoms with Crippen LogP contribution >= 0.6 is 0 Å². The molecule has 3 atom stereocenters. The van der Waals surface area contributed by atoms with E-state index in [-0.39, 0.29) is 16.5 Å². The first-order valence-corrected chi connectivity index (χ1v) is 11.9. The molecule has 0 spiro atoms. The van der Waals surface area contributed by atoms with Gasteiger partial charge in [0.2, 0.25) is 0 Å². The Morgan fingerprint density at radius 3 is 2.24 bits per heavy atom. The molecule has 2 aliphatic rings. The molecule has 0 aromatic heterocycles. The van der Waals surface area contributed by atoms with Crippen molar-refractivity contribution in [3.05, 3.63) is 57.8 Å². The molecule has 0 amide bonds. The lowest BCUT2D eigenvalue weighted by Crippen LogP contribution is -2.36. The summed E-state index contributed by atoms with van der Waals surface area (Å²) in [5.74, 6) is 1.22. The molecule has 162 valence electrons. The fourth-order valence-electron chi connectivity index (χ4n) is 4.98. The van der Waals surface area contributed by atoms with Crippen molar-refractivity contribution in [1.29, 1.82) is 0 Å². The average molecular weight is 400 g/mol. The van der Waals surface area contributed by atoms with Gasteiger partial charge in [-0.25, -0.2) is 0 Å². The summed E-state index contributed by atoms with van der Waals surface area (Å²) in [7, 11) is 0. The van der Waals surface area contributed by atoms with E-state index in [2.05, 4.69) is 27.0 Å². The second kappa shape index (κ2) is 12.1. The van der Waals surface area contributed by atoms with Gasteiger partial charge in [0.15, 0.2) is 0 Å². The maximum atomic E-state index is 11.9. The number of hydrogen-bond donors (Lipinski definition) is 0. The number of rotatable bonds is 4. The Labute approximate surface area is 178 Å². The predicted molar refractivity (Wildman–Crippen MR) is 123 cm³/mol. The zero-order valence-electron chi connectivity index (χ0n) is 18.8. The molecular formula is C26H41NO2. The van der Waals surface area contributed by atoms with E-state index < -0.39 is 0 Å². The lowest BCUT2D eigenvalue weighted by atomic mass is 9.60. The molecule has 3 nitrogen and oxygen atoms in total. The molecule has 3 heteroatoms. The highest BCUT2D eigenvalue weighted by Crippen LogP contribution is 2.48. The van der Waals surface area contributed by atoms with Crippen molar-refractivity contribution in [2.75, 3.05) is 0 Å². The first-order chi connectivity index (χ1) is 14.0. The first kappa shape index (κ1) is 23.6. The SMILES string of the molecule is C=C1CCCCCCCCCC(=C)C2CC(CC)C2/C=C(/[N+](=O)[O-])C=C1CCC. The average Bonchev–Trinajstić information content (AvgIpc) is 2.67. The zero-order chi connectivity index (χ0) is 21.2. The van der Waals surface area contributed by atoms with Crippen molar-refractivity contribution in [2.45, 2.75) is 97.3 Å². The van der Waals surface area contributed by atoms with E-state index in [1.165, 1.54) is 44.1 Å². The van der Waals surface area contributed by atoms with Crippen LogP contribution < -0.4 is 0 Å². The second-order valence-corrected chi connectivity index (χ2v) is 9.09. The molecule has 0 saturated heterocycles. The Morgan fingerprint density at radius 1 is 1.03 bits per heavy atom. The Hall–Kier alpha value is -1.64. The van der Waals surface area contributed by atoms with Gasteiger partial charge in [-0.15, -0.1) is 0 Å². The Kier molecular flexibility index (Phi) is 9.90. The van der Waals surface area contributed by atoms with Crippen LogP contribution in [0.2, 0.25) is 0 Å². The van der Waals surface area contributed by atoms with Gasteiger partial charge in [-0.1, -0.05) is 83.1 Å². The normalized spacial score (nSPS) is 29.7. The van der Waals surface area contributed by atoms with Crippen molar-refractivity contribution < 1.29 is 4.92 Å². The van der Waals surface area contributed by atoms with Crippen LogP contribution in [0, 0.1) is 27.9 Å². The summed E-state index contributed by atoms with van der Waals surface area (Å²) >= 11 is 0. The third-order valence-electron chi connectivity index (χ3n) is 6.96. The molecule has 1 fully saturated rings. The molecule has 0 aromatic rings. The van der Waals surface area contributed by atoms with E-state index in [4.69, 9.17) is 0 Å². The lowest BCUT2D eigenvalue weighted by Gasteiger charge is -2.44. The monoisotopic (exact) mass is 399 g/mol. The molecule has 1 saturated carbocycles. The molecule has 0 aromatic carbocycles. The van der Waals surface area contributed by atoms with E-state index in [1.54, 1.807) is 0 Å². The van der Waals surface area contributed by atoms with Crippen molar-refractivity contribution >= 4 is 0 Å². The summed E-state index contributed by atoms with van der Waals surface area (Å²) in [6.07, 6.45) is 18.6. The van der Waals surface area contributed by atoms with Crippen LogP contribution in [-0.2, 0) is 0 Å². The van der Waals surface area contributed by atoms with Crippen LogP contribution in [0.25, 0.3) is 0 Å². The summed E-state index contributed by atoms with van der Waals surface area (Å²) < 4.78 is 0. The number of allylic oxidation sites excluding steroid dienone is 5. The van der Waals surface area contributed by atoms with Gasteiger partial charge in [-0.3, -0.25) is 10.1 Å². The first-order valence-electron chi connectivity index (χ1n) is 11.9. The smallest absolute Gasteiger partial charge is 0.258 e. The number of hydrogen-bond acceptors (Lipinski definition) is 2. The maximum Gasteiger partial charge on any atom is 0.266 e. The Morgan fingerprint density at radius 2 is 1.66 bits per heavy atom. The fraction of sp³-hybridized carbons (Fsp3) is 0.692. The molecule has 2 rings (SSSR count). The van der Waals surface area contributed by atoms with Crippen LogP contribution in [-0.4, -0.2) is 4.92 Å². The maximum absolute atomic E-state index is 11.9. The zero-order valence-corrected chi connectivity index (χ0v) is 18.8. The molecule has 0 aliphatic heterocycles. The summed E-state index contributed by atoms with van der Waals surface area (Å²) in [5.41, 5.74) is 3.73. The predicted octanol–water partition coefficient (Wildman–Crippen LogP) is 8.17. The number of nitrogens with zero attached hydrogens (tertiary/aromatic N) is 1. The second-order valence-electron chi connectivity index (χ2n) is 9.09. The van der Waals surface area contributed by atoms with E-state index in [1.807, 2.05) is 12.2 Å². The van der Waals surface area contributed by atoms with Crippen LogP contribution in [0.3, 0.4) is 0 Å². The lowest BCUT2D eigenvalue weighted by molar-refractivity contribution is -0.419. The molecule has 29 heavy (non-hydrogen) atoms. The standard InChI is InChI=1S/C26H41NO2/c1-5-14-23-17-24(27(28)29)19-26-22(6-2)18-25(26)21(4)16-13-11-9-7-8-10-12-15-20(23)3/h17,19,22,25-26H,3-16,18H2,1-2H3/b23-17?,24-19+. The van der Waals surface area contributed by atoms with Crippen LogP contribution in [0.15, 0.2) is 47.7 Å². The summed E-state index contributed by atoms with van der Waals surface area (Å²) in [6.45, 7) is 13.0. The van der Waals surface area contributed by atoms with Gasteiger partial charge < -0.3 is 0 Å². The van der Waals surface area contributed by atoms with E-state index >= 15 is 0 Å². The van der Waals surface area contributed by atoms with E-state index in [0.717, 1.165) is 56.1 Å². The Balaban J connectivity index is 2.31. The highest BCUT2D eigenvalue weighted by molar-refractivity contribution is 5.34. The van der Waals surface area contributed by atoms with Crippen molar-refractivity contribution in [2.24, 2.45) is 17.8 Å². The van der Waals surface area contributed by atoms with Crippen molar-refractivity contribution in [3.8, 4) is 0 Å². The summed E-state index contributed by atoms with van der Waals surface area (Å²) in [5, 5.41) is 11.9. The quantitative estimate of drug-likeness (QED) is 0.272. The van der Waals surface area contributed by atoms with Crippen LogP contribution in [0.4, 0.5) is 0 Å². The topological polar surface area (TPSA) is 43.1 Å². The Bertz CT molecular complexity index is 643.